The quantitative estimate of drug-likeness (QED) is 0.419. The van der Waals surface area contributed by atoms with Gasteiger partial charge in [0.1, 0.15) is 5.01 Å². The Morgan fingerprint density at radius 1 is 1.38 bits per heavy atom. The molecule has 0 saturated heterocycles. The maximum absolute atomic E-state index is 4.42. The Bertz CT molecular complexity index is 449. The summed E-state index contributed by atoms with van der Waals surface area (Å²) < 4.78 is 0. The van der Waals surface area contributed by atoms with Gasteiger partial charge in [-0.15, -0.1) is 35.3 Å². The van der Waals surface area contributed by atoms with Crippen LogP contribution in [-0.4, -0.2) is 24.5 Å². The molecule has 0 aliphatic heterocycles. The third-order valence-electron chi connectivity index (χ3n) is 4.38. The molecular formula is C15H27IN4S. The molecule has 6 heteroatoms. The zero-order valence-corrected chi connectivity index (χ0v) is 16.4. The van der Waals surface area contributed by atoms with Crippen LogP contribution in [0.25, 0.3) is 0 Å². The number of hydrogen-bond acceptors (Lipinski definition) is 3. The van der Waals surface area contributed by atoms with Crippen LogP contribution in [0.2, 0.25) is 0 Å². The highest BCUT2D eigenvalue weighted by Gasteiger charge is 2.34. The molecule has 0 unspecified atom stereocenters. The Balaban J connectivity index is 0.00000220. The highest BCUT2D eigenvalue weighted by atomic mass is 127. The number of thiazole rings is 1. The summed E-state index contributed by atoms with van der Waals surface area (Å²) in [6, 6.07) is 0. The summed E-state index contributed by atoms with van der Waals surface area (Å²) in [5, 5.41) is 7.95. The molecule has 1 heterocycles. The topological polar surface area (TPSA) is 49.3 Å². The summed E-state index contributed by atoms with van der Waals surface area (Å²) in [7, 11) is 1.83. The maximum Gasteiger partial charge on any atom is 0.191 e. The number of aliphatic imine (C=N–C) groups is 1. The van der Waals surface area contributed by atoms with E-state index in [9.17, 15) is 0 Å². The second-order valence-corrected chi connectivity index (χ2v) is 6.76. The van der Waals surface area contributed by atoms with Gasteiger partial charge in [-0.25, -0.2) is 4.98 Å². The molecule has 0 atom stereocenters. The van der Waals surface area contributed by atoms with Gasteiger partial charge >= 0.3 is 0 Å². The lowest BCUT2D eigenvalue weighted by Gasteiger charge is -2.41. The Morgan fingerprint density at radius 2 is 2.14 bits per heavy atom. The minimum absolute atomic E-state index is 0. The fourth-order valence-corrected chi connectivity index (χ4v) is 3.38. The van der Waals surface area contributed by atoms with Gasteiger partial charge in [-0.3, -0.25) is 4.99 Å². The monoisotopic (exact) mass is 422 g/mol. The maximum atomic E-state index is 4.42. The van der Waals surface area contributed by atoms with Gasteiger partial charge in [-0.1, -0.05) is 20.3 Å². The summed E-state index contributed by atoms with van der Waals surface area (Å²) in [4.78, 5) is 10.1. The van der Waals surface area contributed by atoms with E-state index in [1.807, 2.05) is 13.2 Å². The van der Waals surface area contributed by atoms with Crippen LogP contribution in [0.5, 0.6) is 0 Å². The van der Waals surface area contributed by atoms with Crippen molar-refractivity contribution >= 4 is 41.3 Å². The lowest BCUT2D eigenvalue weighted by molar-refractivity contribution is 0.131. The molecule has 120 valence electrons. The van der Waals surface area contributed by atoms with E-state index in [4.69, 9.17) is 0 Å². The molecule has 0 spiro atoms. The van der Waals surface area contributed by atoms with E-state index >= 15 is 0 Å². The average Bonchev–Trinajstić information content (AvgIpc) is 2.89. The summed E-state index contributed by atoms with van der Waals surface area (Å²) in [6.07, 6.45) is 8.35. The molecule has 1 fully saturated rings. The Kier molecular flexibility index (Phi) is 7.94. The number of aryl methyl sites for hydroxylation is 1. The lowest BCUT2D eigenvalue weighted by Crippen LogP contribution is -2.46. The molecule has 1 aromatic rings. The standard InChI is InChI=1S/C15H26N4S.HI/c1-4-12-9-17-13(20-12)10-18-14(16-3)19-11-15(5-2)7-6-8-15;/h9H,4-8,10-11H2,1-3H3,(H2,16,18,19);1H. The molecule has 1 aromatic heterocycles. The molecule has 4 nitrogen and oxygen atoms in total. The SMILES string of the molecule is CCc1cnc(CNC(=NC)NCC2(CC)CCC2)s1.I. The van der Waals surface area contributed by atoms with Crippen LogP contribution in [0.15, 0.2) is 11.2 Å². The zero-order chi connectivity index (χ0) is 14.4. The third-order valence-corrected chi connectivity index (χ3v) is 5.52. The van der Waals surface area contributed by atoms with E-state index in [0.29, 0.717) is 5.41 Å². The average molecular weight is 422 g/mol. The number of nitrogens with one attached hydrogen (secondary N) is 2. The molecule has 21 heavy (non-hydrogen) atoms. The van der Waals surface area contributed by atoms with Crippen LogP contribution in [-0.2, 0) is 13.0 Å². The number of halogens is 1. The van der Waals surface area contributed by atoms with E-state index < -0.39 is 0 Å². The first kappa shape index (κ1) is 18.7. The third kappa shape index (κ3) is 5.09. The van der Waals surface area contributed by atoms with Crippen LogP contribution in [0.4, 0.5) is 0 Å². The van der Waals surface area contributed by atoms with Gasteiger partial charge in [0, 0.05) is 24.7 Å². The molecule has 0 amide bonds. The molecule has 0 radical (unpaired) electrons. The zero-order valence-electron chi connectivity index (χ0n) is 13.2. The molecule has 1 aliphatic rings. The smallest absolute Gasteiger partial charge is 0.191 e. The first-order chi connectivity index (χ1) is 9.71. The first-order valence-electron chi connectivity index (χ1n) is 7.59. The van der Waals surface area contributed by atoms with Crippen LogP contribution < -0.4 is 10.6 Å². The number of hydrogen-bond donors (Lipinski definition) is 2. The van der Waals surface area contributed by atoms with E-state index in [2.05, 4.69) is 34.5 Å². The van der Waals surface area contributed by atoms with Crippen molar-refractivity contribution < 1.29 is 0 Å². The van der Waals surface area contributed by atoms with E-state index in [0.717, 1.165) is 30.5 Å². The van der Waals surface area contributed by atoms with Gasteiger partial charge < -0.3 is 10.6 Å². The van der Waals surface area contributed by atoms with Gasteiger partial charge in [-0.05, 0) is 31.1 Å². The Labute approximate surface area is 149 Å². The van der Waals surface area contributed by atoms with E-state index in [-0.39, 0.29) is 24.0 Å². The summed E-state index contributed by atoms with van der Waals surface area (Å²) in [5.41, 5.74) is 0.508. The second-order valence-electron chi connectivity index (χ2n) is 5.56. The highest BCUT2D eigenvalue weighted by Crippen LogP contribution is 2.42. The van der Waals surface area contributed by atoms with Gasteiger partial charge in [0.2, 0.25) is 0 Å². The van der Waals surface area contributed by atoms with Crippen LogP contribution >= 0.6 is 35.3 Å². The van der Waals surface area contributed by atoms with Crippen molar-refractivity contribution in [2.75, 3.05) is 13.6 Å². The van der Waals surface area contributed by atoms with Crippen molar-refractivity contribution in [2.24, 2.45) is 10.4 Å². The predicted molar refractivity (Wildman–Crippen MR) is 102 cm³/mol. The van der Waals surface area contributed by atoms with Crippen molar-refractivity contribution in [1.82, 2.24) is 15.6 Å². The number of nitrogens with zero attached hydrogens (tertiary/aromatic N) is 2. The number of aromatic nitrogens is 1. The first-order valence-corrected chi connectivity index (χ1v) is 8.41. The van der Waals surface area contributed by atoms with Crippen molar-refractivity contribution in [3.8, 4) is 0 Å². The predicted octanol–water partition coefficient (Wildman–Crippen LogP) is 3.57. The lowest BCUT2D eigenvalue weighted by atomic mass is 9.67. The molecule has 1 saturated carbocycles. The minimum Gasteiger partial charge on any atom is -0.356 e. The summed E-state index contributed by atoms with van der Waals surface area (Å²) >= 11 is 1.77. The molecule has 2 N–H and O–H groups in total. The fraction of sp³-hybridized carbons (Fsp3) is 0.733. The van der Waals surface area contributed by atoms with E-state index in [1.54, 1.807) is 11.3 Å². The molecule has 1 aliphatic carbocycles. The second kappa shape index (κ2) is 8.92. The van der Waals surface area contributed by atoms with Gasteiger partial charge in [0.15, 0.2) is 5.96 Å². The van der Waals surface area contributed by atoms with Crippen molar-refractivity contribution in [2.45, 2.75) is 52.5 Å². The van der Waals surface area contributed by atoms with Crippen LogP contribution in [0, 0.1) is 5.41 Å². The number of rotatable bonds is 6. The van der Waals surface area contributed by atoms with Crippen molar-refractivity contribution in [3.63, 3.8) is 0 Å². The van der Waals surface area contributed by atoms with Gasteiger partial charge in [-0.2, -0.15) is 0 Å². The largest absolute Gasteiger partial charge is 0.356 e. The van der Waals surface area contributed by atoms with E-state index in [1.165, 1.54) is 30.6 Å². The normalized spacial score (nSPS) is 16.8. The Hall–Kier alpha value is -0.370. The molecular weight excluding hydrogens is 395 g/mol. The molecule has 2 rings (SSSR count). The van der Waals surface area contributed by atoms with Crippen LogP contribution in [0.1, 0.15) is 49.4 Å². The molecule has 0 aromatic carbocycles. The summed E-state index contributed by atoms with van der Waals surface area (Å²) in [6.45, 7) is 6.23. The van der Waals surface area contributed by atoms with Gasteiger partial charge in [0.25, 0.3) is 0 Å². The molecule has 0 bridgehead atoms. The highest BCUT2D eigenvalue weighted by molar-refractivity contribution is 14.0. The van der Waals surface area contributed by atoms with Crippen molar-refractivity contribution in [1.29, 1.82) is 0 Å². The van der Waals surface area contributed by atoms with Gasteiger partial charge in [0.05, 0.1) is 6.54 Å². The Morgan fingerprint density at radius 3 is 2.62 bits per heavy atom. The minimum atomic E-state index is 0. The number of guanidine groups is 1. The fourth-order valence-electron chi connectivity index (χ4n) is 2.58. The van der Waals surface area contributed by atoms with Crippen LogP contribution in [0.3, 0.4) is 0 Å². The van der Waals surface area contributed by atoms with Crippen molar-refractivity contribution in [3.05, 3.63) is 16.1 Å². The summed E-state index contributed by atoms with van der Waals surface area (Å²) in [5.74, 6) is 0.887.